The number of nitrogens with one attached hydrogen (secondary N) is 1. The molecule has 34 heavy (non-hydrogen) atoms. The first kappa shape index (κ1) is 21.6. The minimum absolute atomic E-state index is 0.0534. The van der Waals surface area contributed by atoms with Crippen LogP contribution in [0.4, 0.5) is 10.1 Å². The summed E-state index contributed by atoms with van der Waals surface area (Å²) >= 11 is 1.48. The number of pyridine rings is 1. The van der Waals surface area contributed by atoms with Gasteiger partial charge in [0.2, 0.25) is 0 Å². The molecule has 0 aliphatic carbocycles. The Kier molecular flexibility index (Phi) is 5.69. The van der Waals surface area contributed by atoms with Gasteiger partial charge < -0.3 is 5.32 Å². The maximum Gasteiger partial charge on any atom is 0.276 e. The van der Waals surface area contributed by atoms with E-state index >= 15 is 0 Å². The number of thiazole rings is 1. The Morgan fingerprint density at radius 2 is 1.94 bits per heavy atom. The highest BCUT2D eigenvalue weighted by Crippen LogP contribution is 2.33. The average molecular weight is 472 g/mol. The molecule has 3 aromatic heterocycles. The molecule has 0 atom stereocenters. The van der Waals surface area contributed by atoms with Crippen molar-refractivity contribution in [3.8, 4) is 10.6 Å². The molecular formula is C25H18FN5O2S. The average Bonchev–Trinajstić information content (AvgIpc) is 3.26. The summed E-state index contributed by atoms with van der Waals surface area (Å²) in [6.45, 7) is 1.96. The second-order valence-corrected chi connectivity index (χ2v) is 8.60. The number of fused-ring (bicyclic) bond motifs is 1. The molecule has 7 nitrogen and oxygen atoms in total. The molecule has 2 aromatic carbocycles. The van der Waals surface area contributed by atoms with Crippen molar-refractivity contribution in [2.45, 2.75) is 13.5 Å². The maximum atomic E-state index is 13.5. The van der Waals surface area contributed by atoms with Crippen LogP contribution in [0.3, 0.4) is 0 Å². The number of amides is 1. The van der Waals surface area contributed by atoms with E-state index in [1.54, 1.807) is 24.4 Å². The van der Waals surface area contributed by atoms with Gasteiger partial charge in [0.25, 0.3) is 11.5 Å². The smallest absolute Gasteiger partial charge is 0.276 e. The zero-order valence-electron chi connectivity index (χ0n) is 18.0. The van der Waals surface area contributed by atoms with Crippen LogP contribution in [0.25, 0.3) is 20.9 Å². The number of carbonyl (C=O) groups is 1. The Bertz CT molecular complexity index is 1560. The van der Waals surface area contributed by atoms with Crippen molar-refractivity contribution in [2.24, 2.45) is 0 Å². The third-order valence-corrected chi connectivity index (χ3v) is 6.31. The summed E-state index contributed by atoms with van der Waals surface area (Å²) in [6.07, 6.45) is 1.73. The monoisotopic (exact) mass is 471 g/mol. The summed E-state index contributed by atoms with van der Waals surface area (Å²) in [5.74, 6) is -0.863. The molecule has 0 aliphatic rings. The normalized spacial score (nSPS) is 11.0. The zero-order valence-corrected chi connectivity index (χ0v) is 18.8. The molecule has 0 radical (unpaired) electrons. The van der Waals surface area contributed by atoms with Gasteiger partial charge in [-0.1, -0.05) is 35.6 Å². The summed E-state index contributed by atoms with van der Waals surface area (Å²) in [5, 5.41) is 7.87. The van der Waals surface area contributed by atoms with Crippen molar-refractivity contribution in [3.05, 3.63) is 106 Å². The lowest BCUT2D eigenvalue weighted by Crippen LogP contribution is -2.26. The molecule has 1 amide bonds. The van der Waals surface area contributed by atoms with Gasteiger partial charge in [0, 0.05) is 23.5 Å². The fourth-order valence-electron chi connectivity index (χ4n) is 3.57. The van der Waals surface area contributed by atoms with Crippen LogP contribution in [0.15, 0.2) is 77.7 Å². The summed E-state index contributed by atoms with van der Waals surface area (Å²) in [4.78, 5) is 35.0. The van der Waals surface area contributed by atoms with Crippen LogP contribution in [-0.4, -0.2) is 25.7 Å². The fraction of sp³-hybridized carbons (Fsp3) is 0.0800. The number of hydrogen-bond acceptors (Lipinski definition) is 6. The molecular weight excluding hydrogens is 453 g/mol. The lowest BCUT2D eigenvalue weighted by molar-refractivity contribution is 0.102. The molecule has 0 unspecified atom stereocenters. The molecule has 0 fully saturated rings. The molecule has 0 bridgehead atoms. The zero-order chi connectivity index (χ0) is 23.7. The predicted octanol–water partition coefficient (Wildman–Crippen LogP) is 4.66. The molecule has 0 spiro atoms. The fourth-order valence-corrected chi connectivity index (χ4v) is 4.56. The van der Waals surface area contributed by atoms with Gasteiger partial charge in [0.05, 0.1) is 6.54 Å². The van der Waals surface area contributed by atoms with Gasteiger partial charge in [-0.3, -0.25) is 9.59 Å². The highest BCUT2D eigenvalue weighted by atomic mass is 32.1. The minimum Gasteiger partial charge on any atom is -0.320 e. The van der Waals surface area contributed by atoms with E-state index < -0.39 is 11.7 Å². The minimum atomic E-state index is -0.459. The number of carbonyl (C=O) groups excluding carboxylic acids is 1. The van der Waals surface area contributed by atoms with Crippen LogP contribution < -0.4 is 10.9 Å². The first-order chi connectivity index (χ1) is 16.5. The van der Waals surface area contributed by atoms with E-state index in [0.29, 0.717) is 11.3 Å². The number of hydrogen-bond donors (Lipinski definition) is 1. The third-order valence-electron chi connectivity index (χ3n) is 5.30. The van der Waals surface area contributed by atoms with E-state index in [9.17, 15) is 14.0 Å². The van der Waals surface area contributed by atoms with Crippen LogP contribution in [0.5, 0.6) is 0 Å². The predicted molar refractivity (Wildman–Crippen MR) is 130 cm³/mol. The van der Waals surface area contributed by atoms with Crippen LogP contribution in [0.1, 0.15) is 21.6 Å². The topological polar surface area (TPSA) is 89.8 Å². The molecule has 0 saturated carbocycles. The van der Waals surface area contributed by atoms with Gasteiger partial charge in [0.1, 0.15) is 26.9 Å². The molecule has 168 valence electrons. The van der Waals surface area contributed by atoms with Crippen molar-refractivity contribution in [3.63, 3.8) is 0 Å². The Morgan fingerprint density at radius 3 is 2.76 bits per heavy atom. The van der Waals surface area contributed by atoms with E-state index in [2.05, 4.69) is 20.4 Å². The summed E-state index contributed by atoms with van der Waals surface area (Å²) in [6, 6.07) is 17.9. The van der Waals surface area contributed by atoms with Gasteiger partial charge in [-0.25, -0.2) is 19.0 Å². The summed E-state index contributed by atoms with van der Waals surface area (Å²) < 4.78 is 14.6. The van der Waals surface area contributed by atoms with E-state index in [0.717, 1.165) is 31.2 Å². The number of anilines is 1. The van der Waals surface area contributed by atoms with Gasteiger partial charge in [0.15, 0.2) is 0 Å². The van der Waals surface area contributed by atoms with Crippen LogP contribution >= 0.6 is 11.3 Å². The second kappa shape index (κ2) is 8.95. The first-order valence-electron chi connectivity index (χ1n) is 10.4. The highest BCUT2D eigenvalue weighted by molar-refractivity contribution is 7.21. The first-order valence-corrected chi connectivity index (χ1v) is 11.2. The number of rotatable bonds is 5. The third kappa shape index (κ3) is 4.33. The number of nitrogens with zero attached hydrogens (tertiary/aromatic N) is 4. The quantitative estimate of drug-likeness (QED) is 0.403. The summed E-state index contributed by atoms with van der Waals surface area (Å²) in [5.41, 5.74) is 3.43. The Hall–Kier alpha value is -4.24. The standard InChI is InChI=1S/C25H18FN5O2S/c1-15-18(24-29-21-9-4-12-27-25(21)34-24)7-3-8-19(15)28-23(33)20-10-11-22(32)31(30-20)14-16-5-2-6-17(26)13-16/h2-13H,14H2,1H3,(H,28,33). The molecule has 0 aliphatic heterocycles. The van der Waals surface area contributed by atoms with Gasteiger partial charge >= 0.3 is 0 Å². The van der Waals surface area contributed by atoms with Crippen molar-refractivity contribution < 1.29 is 9.18 Å². The van der Waals surface area contributed by atoms with Crippen LogP contribution in [-0.2, 0) is 6.54 Å². The lowest BCUT2D eigenvalue weighted by atomic mass is 10.1. The van der Waals surface area contributed by atoms with Crippen molar-refractivity contribution in [1.82, 2.24) is 19.7 Å². The van der Waals surface area contributed by atoms with Crippen molar-refractivity contribution >= 4 is 33.3 Å². The van der Waals surface area contributed by atoms with Gasteiger partial charge in [-0.05, 0) is 54.4 Å². The Labute approximate surface area is 197 Å². The molecule has 1 N–H and O–H groups in total. The molecule has 5 aromatic rings. The van der Waals surface area contributed by atoms with E-state index in [-0.39, 0.29) is 17.8 Å². The highest BCUT2D eigenvalue weighted by Gasteiger charge is 2.15. The number of benzene rings is 2. The largest absolute Gasteiger partial charge is 0.320 e. The molecule has 9 heteroatoms. The van der Waals surface area contributed by atoms with E-state index in [1.807, 2.05) is 31.2 Å². The second-order valence-electron chi connectivity index (χ2n) is 7.62. The van der Waals surface area contributed by atoms with Crippen molar-refractivity contribution in [2.75, 3.05) is 5.32 Å². The Balaban J connectivity index is 1.41. The van der Waals surface area contributed by atoms with E-state index in [1.165, 1.54) is 35.6 Å². The van der Waals surface area contributed by atoms with Crippen LogP contribution in [0.2, 0.25) is 0 Å². The number of halogens is 1. The molecule has 5 rings (SSSR count). The van der Waals surface area contributed by atoms with Gasteiger partial charge in [-0.15, -0.1) is 0 Å². The SMILES string of the molecule is Cc1c(NC(=O)c2ccc(=O)n(Cc3cccc(F)c3)n2)cccc1-c1nc2cccnc2s1. The number of aromatic nitrogens is 4. The lowest BCUT2D eigenvalue weighted by Gasteiger charge is -2.12. The van der Waals surface area contributed by atoms with Gasteiger partial charge in [-0.2, -0.15) is 5.10 Å². The van der Waals surface area contributed by atoms with E-state index in [4.69, 9.17) is 0 Å². The van der Waals surface area contributed by atoms with Crippen molar-refractivity contribution in [1.29, 1.82) is 0 Å². The summed E-state index contributed by atoms with van der Waals surface area (Å²) in [7, 11) is 0. The molecule has 3 heterocycles. The van der Waals surface area contributed by atoms with Crippen LogP contribution in [0, 0.1) is 12.7 Å². The maximum absolute atomic E-state index is 13.5. The molecule has 0 saturated heterocycles. The Morgan fingerprint density at radius 1 is 1.09 bits per heavy atom.